The van der Waals surface area contributed by atoms with Gasteiger partial charge in [0.25, 0.3) is 0 Å². The van der Waals surface area contributed by atoms with Crippen molar-refractivity contribution < 1.29 is 14.3 Å². The number of ether oxygens (including phenoxy) is 1. The summed E-state index contributed by atoms with van der Waals surface area (Å²) in [5.74, 6) is 0.297. The van der Waals surface area contributed by atoms with Crippen LogP contribution in [0.2, 0.25) is 0 Å². The van der Waals surface area contributed by atoms with E-state index in [1.807, 2.05) is 35.3 Å². The number of thioether (sulfide) groups is 1. The van der Waals surface area contributed by atoms with Crippen molar-refractivity contribution in [3.8, 4) is 0 Å². The second-order valence-corrected chi connectivity index (χ2v) is 6.83. The van der Waals surface area contributed by atoms with Gasteiger partial charge in [-0.25, -0.2) is 9.78 Å². The molecule has 1 unspecified atom stereocenters. The molecule has 0 aliphatic rings. The first kappa shape index (κ1) is 17.6. The summed E-state index contributed by atoms with van der Waals surface area (Å²) in [4.78, 5) is 28.9. The summed E-state index contributed by atoms with van der Waals surface area (Å²) < 4.78 is 6.59. The molecular weight excluding hydrogens is 334 g/mol. The van der Waals surface area contributed by atoms with Crippen molar-refractivity contribution in [1.29, 1.82) is 0 Å². The summed E-state index contributed by atoms with van der Waals surface area (Å²) in [6, 6.07) is 3.48. The van der Waals surface area contributed by atoms with E-state index in [0.29, 0.717) is 15.7 Å². The number of aryl methyl sites for hydroxylation is 1. The Labute approximate surface area is 143 Å². The highest BCUT2D eigenvalue weighted by atomic mass is 32.2. The van der Waals surface area contributed by atoms with Gasteiger partial charge in [-0.2, -0.15) is 11.8 Å². The van der Waals surface area contributed by atoms with Crippen LogP contribution in [0.3, 0.4) is 0 Å². The minimum atomic E-state index is -0.440. The third-order valence-corrected chi connectivity index (χ3v) is 4.98. The van der Waals surface area contributed by atoms with Crippen molar-refractivity contribution in [1.82, 2.24) is 9.55 Å². The number of esters is 1. The van der Waals surface area contributed by atoms with Crippen LogP contribution in [0.4, 0.5) is 5.13 Å². The zero-order chi connectivity index (χ0) is 16.8. The van der Waals surface area contributed by atoms with Crippen molar-refractivity contribution >= 4 is 40.1 Å². The number of methoxy groups -OCH3 is 1. The van der Waals surface area contributed by atoms with Gasteiger partial charge >= 0.3 is 5.97 Å². The Kier molecular flexibility index (Phi) is 6.23. The van der Waals surface area contributed by atoms with Crippen LogP contribution in [0.1, 0.15) is 27.8 Å². The Morgan fingerprint density at radius 3 is 2.74 bits per heavy atom. The van der Waals surface area contributed by atoms with E-state index in [-0.39, 0.29) is 11.9 Å². The van der Waals surface area contributed by atoms with Gasteiger partial charge in [0.05, 0.1) is 12.8 Å². The predicted octanol–water partition coefficient (Wildman–Crippen LogP) is 2.97. The van der Waals surface area contributed by atoms with Gasteiger partial charge < -0.3 is 14.6 Å². The Morgan fingerprint density at radius 2 is 2.13 bits per heavy atom. The molecule has 0 aliphatic heterocycles. The fourth-order valence-corrected chi connectivity index (χ4v) is 3.47. The maximum atomic E-state index is 12.6. The monoisotopic (exact) mass is 353 g/mol. The molecule has 8 heteroatoms. The molecule has 23 heavy (non-hydrogen) atoms. The van der Waals surface area contributed by atoms with Crippen LogP contribution < -0.4 is 5.32 Å². The van der Waals surface area contributed by atoms with E-state index in [1.54, 1.807) is 18.7 Å². The number of amides is 1. The van der Waals surface area contributed by atoms with Crippen LogP contribution in [-0.4, -0.2) is 40.5 Å². The minimum absolute atomic E-state index is 0.139. The molecule has 124 valence electrons. The Bertz CT molecular complexity index is 668. The molecule has 0 saturated heterocycles. The van der Waals surface area contributed by atoms with E-state index >= 15 is 0 Å². The lowest BCUT2D eigenvalue weighted by molar-refractivity contribution is -0.119. The lowest BCUT2D eigenvalue weighted by Gasteiger charge is -2.17. The standard InChI is InChI=1S/C15H19N3O3S2/c1-10-12(14(20)21-2)23-15(16-10)17-13(19)11(6-9-22-3)18-7-4-5-8-18/h4-5,7-8,11H,6,9H2,1-3H3,(H,16,17,19). The summed E-state index contributed by atoms with van der Waals surface area (Å²) in [5, 5.41) is 3.22. The molecule has 1 N–H and O–H groups in total. The third kappa shape index (κ3) is 4.35. The van der Waals surface area contributed by atoms with Gasteiger partial charge in [0, 0.05) is 12.4 Å². The van der Waals surface area contributed by atoms with Gasteiger partial charge in [0.1, 0.15) is 10.9 Å². The van der Waals surface area contributed by atoms with Gasteiger partial charge in [0.2, 0.25) is 5.91 Å². The molecule has 1 atom stereocenters. The maximum Gasteiger partial charge on any atom is 0.350 e. The molecule has 0 aliphatic carbocycles. The first-order chi connectivity index (χ1) is 11.1. The highest BCUT2D eigenvalue weighted by Crippen LogP contribution is 2.25. The number of rotatable bonds is 7. The Balaban J connectivity index is 2.14. The number of hydrogen-bond donors (Lipinski definition) is 1. The third-order valence-electron chi connectivity index (χ3n) is 3.28. The second kappa shape index (κ2) is 8.16. The summed E-state index contributed by atoms with van der Waals surface area (Å²) >= 11 is 2.82. The quantitative estimate of drug-likeness (QED) is 0.775. The average Bonchev–Trinajstić information content (AvgIpc) is 3.17. The first-order valence-electron chi connectivity index (χ1n) is 7.04. The highest BCUT2D eigenvalue weighted by Gasteiger charge is 2.22. The SMILES string of the molecule is COC(=O)c1sc(NC(=O)C(CCSC)n2cccc2)nc1C. The van der Waals surface area contributed by atoms with E-state index in [4.69, 9.17) is 4.74 Å². The number of nitrogens with one attached hydrogen (secondary N) is 1. The van der Waals surface area contributed by atoms with Gasteiger partial charge in [-0.05, 0) is 37.5 Å². The predicted molar refractivity (Wildman–Crippen MR) is 93.3 cm³/mol. The second-order valence-electron chi connectivity index (χ2n) is 4.84. The summed E-state index contributed by atoms with van der Waals surface area (Å²) in [6.07, 6.45) is 6.47. The molecule has 2 aromatic heterocycles. The number of nitrogens with zero attached hydrogens (tertiary/aromatic N) is 2. The van der Waals surface area contributed by atoms with Gasteiger partial charge in [0.15, 0.2) is 5.13 Å². The van der Waals surface area contributed by atoms with Gasteiger partial charge in [-0.3, -0.25) is 4.79 Å². The Morgan fingerprint density at radius 1 is 1.43 bits per heavy atom. The molecule has 2 rings (SSSR count). The smallest absolute Gasteiger partial charge is 0.350 e. The summed E-state index contributed by atoms with van der Waals surface area (Å²) in [5.41, 5.74) is 0.554. The molecule has 0 spiro atoms. The lowest BCUT2D eigenvalue weighted by atomic mass is 10.2. The number of thiazole rings is 1. The molecule has 2 heterocycles. The molecular formula is C15H19N3O3S2. The van der Waals surface area contributed by atoms with Crippen LogP contribution in [-0.2, 0) is 9.53 Å². The number of aromatic nitrogens is 2. The zero-order valence-corrected chi connectivity index (χ0v) is 14.9. The maximum absolute atomic E-state index is 12.6. The summed E-state index contributed by atoms with van der Waals surface area (Å²) in [7, 11) is 1.32. The minimum Gasteiger partial charge on any atom is -0.465 e. The lowest BCUT2D eigenvalue weighted by Crippen LogP contribution is -2.25. The van der Waals surface area contributed by atoms with Crippen molar-refractivity contribution in [2.75, 3.05) is 24.4 Å². The molecule has 0 aromatic carbocycles. The number of hydrogen-bond acceptors (Lipinski definition) is 6. The molecule has 1 amide bonds. The highest BCUT2D eigenvalue weighted by molar-refractivity contribution is 7.98. The molecule has 2 aromatic rings. The topological polar surface area (TPSA) is 73.2 Å². The average molecular weight is 353 g/mol. The fraction of sp³-hybridized carbons (Fsp3) is 0.400. The fourth-order valence-electron chi connectivity index (χ4n) is 2.12. The van der Waals surface area contributed by atoms with Crippen LogP contribution in [0, 0.1) is 6.92 Å². The largest absolute Gasteiger partial charge is 0.465 e. The zero-order valence-electron chi connectivity index (χ0n) is 13.2. The Hall–Kier alpha value is -1.80. The van der Waals surface area contributed by atoms with Crippen LogP contribution in [0.15, 0.2) is 24.5 Å². The first-order valence-corrected chi connectivity index (χ1v) is 9.25. The van der Waals surface area contributed by atoms with E-state index in [2.05, 4.69) is 10.3 Å². The number of carbonyl (C=O) groups excluding carboxylic acids is 2. The van der Waals surface area contributed by atoms with E-state index < -0.39 is 5.97 Å². The van der Waals surface area contributed by atoms with Crippen LogP contribution in [0.5, 0.6) is 0 Å². The number of anilines is 1. The molecule has 0 radical (unpaired) electrons. The molecule has 6 nitrogen and oxygen atoms in total. The van der Waals surface area contributed by atoms with Gasteiger partial charge in [-0.15, -0.1) is 0 Å². The van der Waals surface area contributed by atoms with E-state index in [9.17, 15) is 9.59 Å². The van der Waals surface area contributed by atoms with Crippen LogP contribution >= 0.6 is 23.1 Å². The summed E-state index contributed by atoms with van der Waals surface area (Å²) in [6.45, 7) is 1.72. The number of carbonyl (C=O) groups is 2. The molecule has 0 saturated carbocycles. The normalized spacial score (nSPS) is 12.0. The van der Waals surface area contributed by atoms with Crippen LogP contribution in [0.25, 0.3) is 0 Å². The molecule has 0 bridgehead atoms. The van der Waals surface area contributed by atoms with Crippen molar-refractivity contribution in [2.45, 2.75) is 19.4 Å². The van der Waals surface area contributed by atoms with E-state index in [1.165, 1.54) is 7.11 Å². The molecule has 0 fully saturated rings. The van der Waals surface area contributed by atoms with Crippen molar-refractivity contribution in [3.63, 3.8) is 0 Å². The van der Waals surface area contributed by atoms with Gasteiger partial charge in [-0.1, -0.05) is 11.3 Å². The van der Waals surface area contributed by atoms with Crippen molar-refractivity contribution in [2.24, 2.45) is 0 Å². The van der Waals surface area contributed by atoms with E-state index in [0.717, 1.165) is 23.5 Å². The van der Waals surface area contributed by atoms with Crippen molar-refractivity contribution in [3.05, 3.63) is 35.1 Å².